The van der Waals surface area contributed by atoms with Crippen LogP contribution in [-0.2, 0) is 18.3 Å². The number of aromatic nitrogens is 2. The molecule has 1 fully saturated rings. The van der Waals surface area contributed by atoms with E-state index in [1.807, 2.05) is 12.1 Å². The van der Waals surface area contributed by atoms with E-state index in [9.17, 15) is 9.59 Å². The van der Waals surface area contributed by atoms with Gasteiger partial charge in [-0.1, -0.05) is 36.4 Å². The lowest BCUT2D eigenvalue weighted by Gasteiger charge is -2.28. The molecule has 0 aliphatic carbocycles. The number of nitrogens with one attached hydrogen (secondary N) is 1. The van der Waals surface area contributed by atoms with Crippen molar-refractivity contribution >= 4 is 23.2 Å². The van der Waals surface area contributed by atoms with Crippen LogP contribution in [-0.4, -0.2) is 46.1 Å². The smallest absolute Gasteiger partial charge is 0.274 e. The zero-order chi connectivity index (χ0) is 21.8. The van der Waals surface area contributed by atoms with Crippen LogP contribution in [0.25, 0.3) is 10.4 Å². The number of carbonyl (C=O) groups excluding carboxylic acids is 2. The summed E-state index contributed by atoms with van der Waals surface area (Å²) in [5.41, 5.74) is 1.96. The van der Waals surface area contributed by atoms with Gasteiger partial charge in [-0.3, -0.25) is 14.3 Å². The van der Waals surface area contributed by atoms with Crippen LogP contribution < -0.4 is 5.32 Å². The van der Waals surface area contributed by atoms with E-state index in [2.05, 4.69) is 46.6 Å². The van der Waals surface area contributed by atoms with E-state index >= 15 is 0 Å². The van der Waals surface area contributed by atoms with Crippen LogP contribution in [0.1, 0.15) is 22.5 Å². The van der Waals surface area contributed by atoms with Crippen molar-refractivity contribution in [3.05, 3.63) is 78.0 Å². The summed E-state index contributed by atoms with van der Waals surface area (Å²) in [7, 11) is 1.79. The van der Waals surface area contributed by atoms with Gasteiger partial charge in [-0.05, 0) is 41.5 Å². The second kappa shape index (κ2) is 8.89. The number of thiophene rings is 1. The third-order valence-corrected chi connectivity index (χ3v) is 6.66. The number of rotatable bonds is 7. The number of nitrogens with zero attached hydrogens (tertiary/aromatic N) is 3. The molecule has 1 saturated heterocycles. The van der Waals surface area contributed by atoms with Gasteiger partial charge in [-0.25, -0.2) is 0 Å². The molecule has 0 saturated carbocycles. The van der Waals surface area contributed by atoms with Crippen molar-refractivity contribution in [1.82, 2.24) is 20.0 Å². The molecule has 2 aromatic heterocycles. The topological polar surface area (TPSA) is 67.2 Å². The van der Waals surface area contributed by atoms with Crippen molar-refractivity contribution in [2.45, 2.75) is 12.8 Å². The van der Waals surface area contributed by atoms with E-state index in [0.717, 1.165) is 11.1 Å². The molecule has 0 radical (unpaired) electrons. The highest BCUT2D eigenvalue weighted by Gasteiger charge is 2.46. The highest BCUT2D eigenvalue weighted by molar-refractivity contribution is 7.13. The average Bonchev–Trinajstić information content (AvgIpc) is 3.53. The molecule has 3 aromatic rings. The normalized spacial score (nSPS) is 18.2. The largest absolute Gasteiger partial charge is 0.352 e. The van der Waals surface area contributed by atoms with Gasteiger partial charge in [0.05, 0.1) is 5.41 Å². The number of aryl methyl sites for hydroxylation is 1. The van der Waals surface area contributed by atoms with E-state index in [1.54, 1.807) is 46.3 Å². The SMILES string of the molecule is C=CCNC(=O)[C@@]1(Cc2cccc(-c3cccs3)c2)CCN(C(=O)c2ccn(C)n2)C1. The van der Waals surface area contributed by atoms with Gasteiger partial charge < -0.3 is 10.2 Å². The minimum absolute atomic E-state index is 0.0368. The molecule has 31 heavy (non-hydrogen) atoms. The molecule has 4 rings (SSSR count). The first-order valence-electron chi connectivity index (χ1n) is 10.3. The quantitative estimate of drug-likeness (QED) is 0.579. The first-order valence-corrected chi connectivity index (χ1v) is 11.2. The van der Waals surface area contributed by atoms with E-state index in [0.29, 0.717) is 38.2 Å². The van der Waals surface area contributed by atoms with Crippen molar-refractivity contribution < 1.29 is 9.59 Å². The first-order chi connectivity index (χ1) is 15.0. The Morgan fingerprint density at radius 1 is 1.29 bits per heavy atom. The Balaban J connectivity index is 1.59. The maximum Gasteiger partial charge on any atom is 0.274 e. The Morgan fingerprint density at radius 2 is 2.16 bits per heavy atom. The predicted molar refractivity (Wildman–Crippen MR) is 123 cm³/mol. The fourth-order valence-corrected chi connectivity index (χ4v) is 4.89. The molecule has 1 atom stereocenters. The van der Waals surface area contributed by atoms with Gasteiger partial charge in [-0.2, -0.15) is 5.10 Å². The molecule has 0 unspecified atom stereocenters. The summed E-state index contributed by atoms with van der Waals surface area (Å²) in [6.07, 6.45) is 4.61. The summed E-state index contributed by atoms with van der Waals surface area (Å²) < 4.78 is 1.61. The third kappa shape index (κ3) is 4.46. The summed E-state index contributed by atoms with van der Waals surface area (Å²) in [5.74, 6) is -0.170. The minimum Gasteiger partial charge on any atom is -0.352 e. The summed E-state index contributed by atoms with van der Waals surface area (Å²) in [4.78, 5) is 29.1. The van der Waals surface area contributed by atoms with E-state index < -0.39 is 5.41 Å². The van der Waals surface area contributed by atoms with Gasteiger partial charge in [0.25, 0.3) is 5.91 Å². The molecule has 6 nitrogen and oxygen atoms in total. The van der Waals surface area contributed by atoms with Crippen molar-refractivity contribution in [1.29, 1.82) is 0 Å². The Bertz CT molecular complexity index is 1090. The first kappa shape index (κ1) is 21.1. The van der Waals surface area contributed by atoms with Crippen LogP contribution in [0.2, 0.25) is 0 Å². The Hall–Kier alpha value is -3.19. The van der Waals surface area contributed by atoms with Crippen LogP contribution in [0.5, 0.6) is 0 Å². The molecule has 3 heterocycles. The van der Waals surface area contributed by atoms with Crippen molar-refractivity contribution in [2.24, 2.45) is 12.5 Å². The number of amides is 2. The molecule has 1 aliphatic heterocycles. The van der Waals surface area contributed by atoms with Crippen molar-refractivity contribution in [2.75, 3.05) is 19.6 Å². The maximum atomic E-state index is 13.2. The van der Waals surface area contributed by atoms with Crippen LogP contribution in [0.15, 0.2) is 66.7 Å². The predicted octanol–water partition coefficient (Wildman–Crippen LogP) is 3.53. The molecule has 1 N–H and O–H groups in total. The van der Waals surface area contributed by atoms with Crippen LogP contribution in [0, 0.1) is 5.41 Å². The molecule has 1 aromatic carbocycles. The molecule has 7 heteroatoms. The Labute approximate surface area is 186 Å². The second-order valence-corrected chi connectivity index (χ2v) is 8.93. The van der Waals surface area contributed by atoms with E-state index in [4.69, 9.17) is 0 Å². The van der Waals surface area contributed by atoms with Crippen LogP contribution >= 0.6 is 11.3 Å². The highest BCUT2D eigenvalue weighted by atomic mass is 32.1. The summed E-state index contributed by atoms with van der Waals surface area (Å²) in [6, 6.07) is 14.2. The van der Waals surface area contributed by atoms with Gasteiger partial charge in [0.15, 0.2) is 0 Å². The zero-order valence-corrected chi connectivity index (χ0v) is 18.4. The molecule has 0 bridgehead atoms. The second-order valence-electron chi connectivity index (χ2n) is 7.98. The summed E-state index contributed by atoms with van der Waals surface area (Å²) in [6.45, 7) is 5.01. The fraction of sp³-hybridized carbons (Fsp3) is 0.292. The Morgan fingerprint density at radius 3 is 2.87 bits per heavy atom. The van der Waals surface area contributed by atoms with Crippen molar-refractivity contribution in [3.63, 3.8) is 0 Å². The summed E-state index contributed by atoms with van der Waals surface area (Å²) in [5, 5.41) is 9.26. The van der Waals surface area contributed by atoms with Crippen LogP contribution in [0.3, 0.4) is 0 Å². The lowest BCUT2D eigenvalue weighted by Crippen LogP contribution is -2.45. The summed E-state index contributed by atoms with van der Waals surface area (Å²) >= 11 is 1.70. The lowest BCUT2D eigenvalue weighted by atomic mass is 9.79. The van der Waals surface area contributed by atoms with Gasteiger partial charge in [0, 0.05) is 37.8 Å². The fourth-order valence-electron chi connectivity index (χ4n) is 4.17. The van der Waals surface area contributed by atoms with Gasteiger partial charge in [-0.15, -0.1) is 17.9 Å². The van der Waals surface area contributed by atoms with Gasteiger partial charge in [0.1, 0.15) is 5.69 Å². The molecule has 1 aliphatic rings. The zero-order valence-electron chi connectivity index (χ0n) is 17.6. The Kier molecular flexibility index (Phi) is 6.04. The molecule has 2 amide bonds. The van der Waals surface area contributed by atoms with E-state index in [-0.39, 0.29) is 11.8 Å². The van der Waals surface area contributed by atoms with Crippen molar-refractivity contribution in [3.8, 4) is 10.4 Å². The molecular formula is C24H26N4O2S. The highest BCUT2D eigenvalue weighted by Crippen LogP contribution is 2.36. The lowest BCUT2D eigenvalue weighted by molar-refractivity contribution is -0.130. The third-order valence-electron chi connectivity index (χ3n) is 5.74. The number of likely N-dealkylation sites (tertiary alicyclic amines) is 1. The van der Waals surface area contributed by atoms with Gasteiger partial charge in [0.2, 0.25) is 5.91 Å². The minimum atomic E-state index is -0.679. The standard InChI is InChI=1S/C24H26N4O2S/c1-3-11-25-23(30)24(10-13-28(17-24)22(29)20-9-12-27(2)26-20)16-18-6-4-7-19(15-18)21-8-5-14-31-21/h3-9,12,14-15H,1,10-11,13,16-17H2,2H3,(H,25,30)/t24-/m1/s1. The number of benzene rings is 1. The molecular weight excluding hydrogens is 408 g/mol. The number of hydrogen-bond acceptors (Lipinski definition) is 4. The van der Waals surface area contributed by atoms with E-state index in [1.165, 1.54) is 4.88 Å². The molecule has 160 valence electrons. The van der Waals surface area contributed by atoms with Gasteiger partial charge >= 0.3 is 0 Å². The molecule has 0 spiro atoms. The maximum absolute atomic E-state index is 13.2. The van der Waals surface area contributed by atoms with Crippen LogP contribution in [0.4, 0.5) is 0 Å². The number of carbonyl (C=O) groups is 2. The monoisotopic (exact) mass is 434 g/mol. The number of hydrogen-bond donors (Lipinski definition) is 1. The average molecular weight is 435 g/mol.